The number of fused-ring (bicyclic) bond motifs is 1. The van der Waals surface area contributed by atoms with Crippen molar-refractivity contribution in [2.45, 2.75) is 64.3 Å². The van der Waals surface area contributed by atoms with Crippen molar-refractivity contribution in [3.8, 4) is 11.4 Å². The summed E-state index contributed by atoms with van der Waals surface area (Å²) in [6, 6.07) is 3.96. The van der Waals surface area contributed by atoms with Crippen LogP contribution in [0.5, 0.6) is 0 Å². The SMILES string of the molecule is O=C(C1CCCCC1)N1CCc2nc(-c3cccnc3)nc(N3CCCCC3)c2C1. The van der Waals surface area contributed by atoms with Crippen LogP contribution in [0.2, 0.25) is 0 Å². The zero-order valence-corrected chi connectivity index (χ0v) is 17.7. The van der Waals surface area contributed by atoms with E-state index < -0.39 is 0 Å². The van der Waals surface area contributed by atoms with E-state index in [1.54, 1.807) is 6.20 Å². The number of carbonyl (C=O) groups excluding carboxylic acids is 1. The molecule has 1 saturated carbocycles. The van der Waals surface area contributed by atoms with Gasteiger partial charge in [-0.2, -0.15) is 0 Å². The summed E-state index contributed by atoms with van der Waals surface area (Å²) in [5, 5.41) is 0. The Morgan fingerprint density at radius 3 is 2.53 bits per heavy atom. The summed E-state index contributed by atoms with van der Waals surface area (Å²) in [6.07, 6.45) is 13.9. The van der Waals surface area contributed by atoms with Crippen LogP contribution in [-0.2, 0) is 17.8 Å². The fraction of sp³-hybridized carbons (Fsp3) is 0.583. The molecule has 1 saturated heterocycles. The summed E-state index contributed by atoms with van der Waals surface area (Å²) >= 11 is 0. The van der Waals surface area contributed by atoms with Crippen molar-refractivity contribution in [2.75, 3.05) is 24.5 Å². The summed E-state index contributed by atoms with van der Waals surface area (Å²) in [4.78, 5) is 31.9. The largest absolute Gasteiger partial charge is 0.356 e. The van der Waals surface area contributed by atoms with Crippen LogP contribution in [0.1, 0.15) is 62.6 Å². The Labute approximate surface area is 178 Å². The van der Waals surface area contributed by atoms with E-state index in [1.165, 1.54) is 44.1 Å². The molecular weight excluding hydrogens is 374 g/mol. The highest BCUT2D eigenvalue weighted by molar-refractivity contribution is 5.79. The number of nitrogens with zero attached hydrogens (tertiary/aromatic N) is 5. The molecule has 2 aromatic rings. The molecule has 0 aromatic carbocycles. The Hall–Kier alpha value is -2.50. The molecule has 4 heterocycles. The van der Waals surface area contributed by atoms with Gasteiger partial charge < -0.3 is 9.80 Å². The van der Waals surface area contributed by atoms with Gasteiger partial charge in [0.2, 0.25) is 5.91 Å². The molecule has 0 radical (unpaired) electrons. The lowest BCUT2D eigenvalue weighted by Gasteiger charge is -2.36. The van der Waals surface area contributed by atoms with Crippen molar-refractivity contribution in [2.24, 2.45) is 5.92 Å². The van der Waals surface area contributed by atoms with E-state index in [9.17, 15) is 4.79 Å². The molecule has 30 heavy (non-hydrogen) atoms. The van der Waals surface area contributed by atoms with Crippen molar-refractivity contribution in [3.63, 3.8) is 0 Å². The first-order chi connectivity index (χ1) is 14.8. The fourth-order valence-electron chi connectivity index (χ4n) is 5.18. The van der Waals surface area contributed by atoms with E-state index in [0.717, 1.165) is 61.8 Å². The fourth-order valence-corrected chi connectivity index (χ4v) is 5.18. The highest BCUT2D eigenvalue weighted by atomic mass is 16.2. The minimum Gasteiger partial charge on any atom is -0.356 e. The van der Waals surface area contributed by atoms with E-state index >= 15 is 0 Å². The Balaban J connectivity index is 1.48. The highest BCUT2D eigenvalue weighted by Gasteiger charge is 2.32. The second kappa shape index (κ2) is 8.70. The molecule has 0 N–H and O–H groups in total. The van der Waals surface area contributed by atoms with Gasteiger partial charge in [0.1, 0.15) is 5.82 Å². The number of rotatable bonds is 3. The second-order valence-electron chi connectivity index (χ2n) is 8.93. The maximum Gasteiger partial charge on any atom is 0.225 e. The Kier molecular flexibility index (Phi) is 5.65. The summed E-state index contributed by atoms with van der Waals surface area (Å²) in [6.45, 7) is 3.49. The van der Waals surface area contributed by atoms with Gasteiger partial charge in [0.25, 0.3) is 0 Å². The number of piperidine rings is 1. The van der Waals surface area contributed by atoms with E-state index in [4.69, 9.17) is 9.97 Å². The number of carbonyl (C=O) groups is 1. The molecule has 2 aromatic heterocycles. The van der Waals surface area contributed by atoms with Gasteiger partial charge in [0, 0.05) is 55.5 Å². The predicted molar refractivity (Wildman–Crippen MR) is 117 cm³/mol. The van der Waals surface area contributed by atoms with E-state index in [2.05, 4.69) is 14.8 Å². The third kappa shape index (κ3) is 3.92. The van der Waals surface area contributed by atoms with E-state index in [-0.39, 0.29) is 5.92 Å². The lowest BCUT2D eigenvalue weighted by atomic mass is 9.87. The van der Waals surface area contributed by atoms with E-state index in [0.29, 0.717) is 12.5 Å². The third-order valence-corrected chi connectivity index (χ3v) is 6.88. The van der Waals surface area contributed by atoms with Crippen molar-refractivity contribution in [1.82, 2.24) is 19.9 Å². The van der Waals surface area contributed by atoms with Crippen molar-refractivity contribution in [1.29, 1.82) is 0 Å². The molecular formula is C24H31N5O. The van der Waals surface area contributed by atoms with Gasteiger partial charge in [0.05, 0.1) is 12.2 Å². The van der Waals surface area contributed by atoms with Crippen LogP contribution in [0, 0.1) is 5.92 Å². The number of hydrogen-bond donors (Lipinski definition) is 0. The lowest BCUT2D eigenvalue weighted by molar-refractivity contribution is -0.137. The normalized spacial score (nSPS) is 20.1. The van der Waals surface area contributed by atoms with Gasteiger partial charge >= 0.3 is 0 Å². The molecule has 0 atom stereocenters. The first-order valence-corrected chi connectivity index (χ1v) is 11.6. The molecule has 1 aliphatic carbocycles. The summed E-state index contributed by atoms with van der Waals surface area (Å²) in [5.41, 5.74) is 3.23. The molecule has 158 valence electrons. The maximum atomic E-state index is 13.2. The van der Waals surface area contributed by atoms with Gasteiger partial charge in [-0.25, -0.2) is 9.97 Å². The smallest absolute Gasteiger partial charge is 0.225 e. The quantitative estimate of drug-likeness (QED) is 0.773. The van der Waals surface area contributed by atoms with Crippen molar-refractivity contribution >= 4 is 11.7 Å². The molecule has 6 heteroatoms. The zero-order valence-electron chi connectivity index (χ0n) is 17.7. The minimum absolute atomic E-state index is 0.217. The molecule has 3 aliphatic rings. The van der Waals surface area contributed by atoms with Crippen molar-refractivity contribution < 1.29 is 4.79 Å². The first-order valence-electron chi connectivity index (χ1n) is 11.6. The van der Waals surface area contributed by atoms with Gasteiger partial charge in [-0.05, 0) is 44.2 Å². The number of hydrogen-bond acceptors (Lipinski definition) is 5. The first kappa shape index (κ1) is 19.5. The van der Waals surface area contributed by atoms with Crippen LogP contribution >= 0.6 is 0 Å². The molecule has 6 nitrogen and oxygen atoms in total. The zero-order chi connectivity index (χ0) is 20.3. The Bertz CT molecular complexity index is 888. The number of pyridine rings is 1. The Morgan fingerprint density at radius 2 is 1.77 bits per heavy atom. The van der Waals surface area contributed by atoms with Gasteiger partial charge in [0.15, 0.2) is 5.82 Å². The van der Waals surface area contributed by atoms with Crippen LogP contribution in [-0.4, -0.2) is 45.4 Å². The third-order valence-electron chi connectivity index (χ3n) is 6.88. The second-order valence-corrected chi connectivity index (χ2v) is 8.93. The predicted octanol–water partition coefficient (Wildman–Crippen LogP) is 3.99. The topological polar surface area (TPSA) is 62.2 Å². The molecule has 0 spiro atoms. The lowest BCUT2D eigenvalue weighted by Crippen LogP contribution is -2.42. The molecule has 0 unspecified atom stereocenters. The average Bonchev–Trinajstić information content (AvgIpc) is 2.84. The standard InChI is InChI=1S/C24H31N5O/c30-24(18-8-3-1-4-9-18)29-15-11-21-20(17-29)23(28-13-5-2-6-14-28)27-22(26-21)19-10-7-12-25-16-19/h7,10,12,16,18H,1-6,8-9,11,13-15,17H2. The maximum absolute atomic E-state index is 13.2. The monoisotopic (exact) mass is 405 g/mol. The number of anilines is 1. The highest BCUT2D eigenvalue weighted by Crippen LogP contribution is 2.33. The van der Waals surface area contributed by atoms with Crippen LogP contribution < -0.4 is 4.90 Å². The van der Waals surface area contributed by atoms with Crippen LogP contribution in [0.25, 0.3) is 11.4 Å². The molecule has 5 rings (SSSR count). The number of aromatic nitrogens is 3. The van der Waals surface area contributed by atoms with Gasteiger partial charge in [-0.3, -0.25) is 9.78 Å². The summed E-state index contributed by atoms with van der Waals surface area (Å²) in [7, 11) is 0. The van der Waals surface area contributed by atoms with Crippen LogP contribution in [0.3, 0.4) is 0 Å². The summed E-state index contributed by atoms with van der Waals surface area (Å²) < 4.78 is 0. The Morgan fingerprint density at radius 1 is 0.967 bits per heavy atom. The average molecular weight is 406 g/mol. The molecule has 0 bridgehead atoms. The molecule has 2 fully saturated rings. The van der Waals surface area contributed by atoms with Gasteiger partial charge in [-0.1, -0.05) is 19.3 Å². The van der Waals surface area contributed by atoms with E-state index in [1.807, 2.05) is 18.3 Å². The molecule has 2 aliphatic heterocycles. The van der Waals surface area contributed by atoms with Crippen LogP contribution in [0.15, 0.2) is 24.5 Å². The molecule has 1 amide bonds. The number of amides is 1. The van der Waals surface area contributed by atoms with Gasteiger partial charge in [-0.15, -0.1) is 0 Å². The van der Waals surface area contributed by atoms with Crippen molar-refractivity contribution in [3.05, 3.63) is 35.8 Å². The summed E-state index contributed by atoms with van der Waals surface area (Å²) in [5.74, 6) is 2.37. The van der Waals surface area contributed by atoms with Crippen LogP contribution in [0.4, 0.5) is 5.82 Å². The minimum atomic E-state index is 0.217.